The highest BCUT2D eigenvalue weighted by Gasteiger charge is 2.41. The van der Waals surface area contributed by atoms with Gasteiger partial charge in [0.15, 0.2) is 0 Å². The van der Waals surface area contributed by atoms with Gasteiger partial charge in [-0.3, -0.25) is 9.59 Å². The van der Waals surface area contributed by atoms with Crippen molar-refractivity contribution in [3.63, 3.8) is 0 Å². The Kier molecular flexibility index (Phi) is 5.02. The van der Waals surface area contributed by atoms with Crippen LogP contribution in [0, 0.1) is 11.3 Å². The van der Waals surface area contributed by atoms with E-state index >= 15 is 0 Å². The van der Waals surface area contributed by atoms with E-state index in [0.29, 0.717) is 19.0 Å². The number of hydrogen-bond acceptors (Lipinski definition) is 3. The summed E-state index contributed by atoms with van der Waals surface area (Å²) < 4.78 is 0. The van der Waals surface area contributed by atoms with E-state index in [1.54, 1.807) is 4.90 Å². The van der Waals surface area contributed by atoms with Crippen LogP contribution in [0.5, 0.6) is 0 Å². The summed E-state index contributed by atoms with van der Waals surface area (Å²) in [7, 11) is 0. The molecule has 0 bridgehead atoms. The van der Waals surface area contributed by atoms with Crippen molar-refractivity contribution >= 4 is 11.9 Å². The molecule has 0 spiro atoms. The molecule has 0 aromatic carbocycles. The fourth-order valence-corrected chi connectivity index (χ4v) is 3.24. The molecule has 114 valence electrons. The zero-order valence-corrected chi connectivity index (χ0v) is 12.1. The molecule has 2 fully saturated rings. The van der Waals surface area contributed by atoms with E-state index in [4.69, 9.17) is 10.8 Å². The zero-order valence-electron chi connectivity index (χ0n) is 12.1. The average Bonchev–Trinajstić information content (AvgIpc) is 3.23. The first-order valence-corrected chi connectivity index (χ1v) is 7.79. The SMILES string of the molecule is NCC1(C(=O)N(CC(=O)O)CC2CC2)CCCCCC1. The van der Waals surface area contributed by atoms with E-state index in [0.717, 1.165) is 51.4 Å². The largest absolute Gasteiger partial charge is 0.480 e. The van der Waals surface area contributed by atoms with Crippen LogP contribution in [0.3, 0.4) is 0 Å². The van der Waals surface area contributed by atoms with Gasteiger partial charge < -0.3 is 15.7 Å². The van der Waals surface area contributed by atoms with Crippen molar-refractivity contribution in [2.24, 2.45) is 17.1 Å². The number of carbonyl (C=O) groups is 2. The molecule has 0 aromatic heterocycles. The van der Waals surface area contributed by atoms with Crippen LogP contribution in [0.2, 0.25) is 0 Å². The molecular weight excluding hydrogens is 256 g/mol. The van der Waals surface area contributed by atoms with Gasteiger partial charge in [0.1, 0.15) is 6.54 Å². The molecule has 20 heavy (non-hydrogen) atoms. The highest BCUT2D eigenvalue weighted by molar-refractivity contribution is 5.86. The first kappa shape index (κ1) is 15.3. The van der Waals surface area contributed by atoms with Crippen molar-refractivity contribution in [1.29, 1.82) is 0 Å². The average molecular weight is 282 g/mol. The standard InChI is InChI=1S/C15H26N2O3/c16-11-15(7-3-1-2-4-8-15)14(20)17(10-13(18)19)9-12-5-6-12/h12H,1-11,16H2,(H,18,19). The lowest BCUT2D eigenvalue weighted by atomic mass is 9.79. The molecule has 2 aliphatic carbocycles. The maximum atomic E-state index is 12.9. The van der Waals surface area contributed by atoms with Crippen LogP contribution in [0.15, 0.2) is 0 Å². The molecule has 1 amide bonds. The van der Waals surface area contributed by atoms with E-state index in [1.165, 1.54) is 0 Å². The second kappa shape index (κ2) is 6.57. The molecule has 2 saturated carbocycles. The number of rotatable bonds is 6. The van der Waals surface area contributed by atoms with Crippen LogP contribution in [-0.4, -0.2) is 41.5 Å². The Morgan fingerprint density at radius 1 is 1.15 bits per heavy atom. The molecule has 2 aliphatic rings. The number of carboxylic acids is 1. The van der Waals surface area contributed by atoms with E-state index in [-0.39, 0.29) is 12.5 Å². The number of hydrogen-bond donors (Lipinski definition) is 2. The number of nitrogens with zero attached hydrogens (tertiary/aromatic N) is 1. The van der Waals surface area contributed by atoms with Gasteiger partial charge >= 0.3 is 5.97 Å². The Morgan fingerprint density at radius 2 is 1.75 bits per heavy atom. The first-order valence-electron chi connectivity index (χ1n) is 7.79. The number of carbonyl (C=O) groups excluding carboxylic acids is 1. The molecule has 0 unspecified atom stereocenters. The topological polar surface area (TPSA) is 83.6 Å². The van der Waals surface area contributed by atoms with Crippen LogP contribution in [0.25, 0.3) is 0 Å². The van der Waals surface area contributed by atoms with Crippen molar-refractivity contribution in [3.05, 3.63) is 0 Å². The molecule has 0 radical (unpaired) electrons. The Morgan fingerprint density at radius 3 is 2.20 bits per heavy atom. The minimum absolute atomic E-state index is 0.0174. The lowest BCUT2D eigenvalue weighted by molar-refractivity contribution is -0.150. The minimum Gasteiger partial charge on any atom is -0.480 e. The highest BCUT2D eigenvalue weighted by Crippen LogP contribution is 2.37. The summed E-state index contributed by atoms with van der Waals surface area (Å²) in [5, 5.41) is 9.05. The summed E-state index contributed by atoms with van der Waals surface area (Å²) in [6, 6.07) is 0. The van der Waals surface area contributed by atoms with E-state index < -0.39 is 11.4 Å². The van der Waals surface area contributed by atoms with Crippen LogP contribution in [-0.2, 0) is 9.59 Å². The second-order valence-electron chi connectivity index (χ2n) is 6.42. The van der Waals surface area contributed by atoms with Gasteiger partial charge in [0, 0.05) is 13.1 Å². The number of carboxylic acid groups (broad SMARTS) is 1. The zero-order chi connectivity index (χ0) is 14.6. The van der Waals surface area contributed by atoms with Crippen molar-refractivity contribution < 1.29 is 14.7 Å². The molecule has 0 saturated heterocycles. The lowest BCUT2D eigenvalue weighted by Gasteiger charge is -2.35. The third-order valence-electron chi connectivity index (χ3n) is 4.69. The summed E-state index contributed by atoms with van der Waals surface area (Å²) in [5.41, 5.74) is 5.42. The summed E-state index contributed by atoms with van der Waals surface area (Å²) in [4.78, 5) is 25.5. The minimum atomic E-state index is -0.931. The van der Waals surface area contributed by atoms with Gasteiger partial charge in [0.25, 0.3) is 0 Å². The Labute approximate surface area is 120 Å². The first-order chi connectivity index (χ1) is 9.57. The molecular formula is C15H26N2O3. The van der Waals surface area contributed by atoms with Crippen molar-refractivity contribution in [1.82, 2.24) is 4.90 Å². The van der Waals surface area contributed by atoms with Gasteiger partial charge in [-0.15, -0.1) is 0 Å². The van der Waals surface area contributed by atoms with Gasteiger partial charge in [-0.1, -0.05) is 25.7 Å². The maximum Gasteiger partial charge on any atom is 0.323 e. The summed E-state index contributed by atoms with van der Waals surface area (Å²) in [5.74, 6) is -0.449. The van der Waals surface area contributed by atoms with Gasteiger partial charge in [-0.25, -0.2) is 0 Å². The van der Waals surface area contributed by atoms with Gasteiger partial charge in [-0.05, 0) is 31.6 Å². The highest BCUT2D eigenvalue weighted by atomic mass is 16.4. The lowest BCUT2D eigenvalue weighted by Crippen LogP contribution is -2.50. The monoisotopic (exact) mass is 282 g/mol. The van der Waals surface area contributed by atoms with Crippen molar-refractivity contribution in [3.8, 4) is 0 Å². The molecule has 0 aromatic rings. The normalized spacial score (nSPS) is 22.1. The Balaban J connectivity index is 2.10. The predicted molar refractivity (Wildman–Crippen MR) is 76.1 cm³/mol. The molecule has 5 heteroatoms. The molecule has 0 atom stereocenters. The second-order valence-corrected chi connectivity index (χ2v) is 6.42. The van der Waals surface area contributed by atoms with Crippen LogP contribution < -0.4 is 5.73 Å². The Bertz CT molecular complexity index is 358. The summed E-state index contributed by atoms with van der Waals surface area (Å²) >= 11 is 0. The van der Waals surface area contributed by atoms with E-state index in [2.05, 4.69) is 0 Å². The molecule has 0 aliphatic heterocycles. The quantitative estimate of drug-likeness (QED) is 0.725. The van der Waals surface area contributed by atoms with Gasteiger partial charge in [0.05, 0.1) is 5.41 Å². The van der Waals surface area contributed by atoms with Gasteiger partial charge in [-0.2, -0.15) is 0 Å². The van der Waals surface area contributed by atoms with Crippen LogP contribution in [0.1, 0.15) is 51.4 Å². The molecule has 2 rings (SSSR count). The summed E-state index contributed by atoms with van der Waals surface area (Å²) in [6.07, 6.45) is 8.18. The third kappa shape index (κ3) is 3.72. The fraction of sp³-hybridized carbons (Fsp3) is 0.867. The van der Waals surface area contributed by atoms with Crippen molar-refractivity contribution in [2.75, 3.05) is 19.6 Å². The predicted octanol–water partition coefficient (Wildman–Crippen LogP) is 1.61. The Hall–Kier alpha value is -1.10. The fourth-order valence-electron chi connectivity index (χ4n) is 3.24. The van der Waals surface area contributed by atoms with Crippen molar-refractivity contribution in [2.45, 2.75) is 51.4 Å². The number of aliphatic carboxylic acids is 1. The summed E-state index contributed by atoms with van der Waals surface area (Å²) in [6.45, 7) is 0.747. The van der Waals surface area contributed by atoms with Crippen LogP contribution >= 0.6 is 0 Å². The van der Waals surface area contributed by atoms with E-state index in [9.17, 15) is 9.59 Å². The number of nitrogens with two attached hydrogens (primary N) is 1. The van der Waals surface area contributed by atoms with Gasteiger partial charge in [0.2, 0.25) is 5.91 Å². The molecule has 5 nitrogen and oxygen atoms in total. The molecule has 0 heterocycles. The third-order valence-corrected chi connectivity index (χ3v) is 4.69. The smallest absolute Gasteiger partial charge is 0.323 e. The number of amides is 1. The van der Waals surface area contributed by atoms with Crippen LogP contribution in [0.4, 0.5) is 0 Å². The maximum absolute atomic E-state index is 12.9. The molecule has 3 N–H and O–H groups in total. The van der Waals surface area contributed by atoms with E-state index in [1.807, 2.05) is 0 Å².